The van der Waals surface area contributed by atoms with E-state index in [2.05, 4.69) is 0 Å². The van der Waals surface area contributed by atoms with Crippen LogP contribution in [0.4, 0.5) is 0 Å². The molecule has 0 bridgehead atoms. The molecule has 0 aromatic heterocycles. The van der Waals surface area contributed by atoms with Gasteiger partial charge in [-0.3, -0.25) is 0 Å². The van der Waals surface area contributed by atoms with Crippen LogP contribution in [0.5, 0.6) is 0 Å². The maximum absolute atomic E-state index is 4.72. The monoisotopic (exact) mass is 120 g/mol. The van der Waals surface area contributed by atoms with Crippen molar-refractivity contribution < 1.29 is 9.56 Å². The third-order valence-electron chi connectivity index (χ3n) is 0.874. The van der Waals surface area contributed by atoms with Crippen molar-refractivity contribution in [1.82, 2.24) is 0 Å². The molecule has 7 heavy (non-hydrogen) atoms. The van der Waals surface area contributed by atoms with E-state index in [1.807, 2.05) is 0 Å². The van der Waals surface area contributed by atoms with Crippen LogP contribution in [0.3, 0.4) is 0 Å². The molecule has 0 aromatic rings. The lowest BCUT2D eigenvalue weighted by Crippen LogP contribution is -1.84. The van der Waals surface area contributed by atoms with Crippen LogP contribution in [0.15, 0.2) is 0 Å². The Morgan fingerprint density at radius 1 is 1.29 bits per heavy atom. The molecular formula is C4H9O2P. The fourth-order valence-corrected chi connectivity index (χ4v) is 1.13. The molecule has 1 atom stereocenters. The van der Waals surface area contributed by atoms with Crippen molar-refractivity contribution in [3.63, 3.8) is 0 Å². The van der Waals surface area contributed by atoms with Gasteiger partial charge in [0.2, 0.25) is 0 Å². The van der Waals surface area contributed by atoms with E-state index < -0.39 is 0 Å². The van der Waals surface area contributed by atoms with Gasteiger partial charge in [-0.15, -0.1) is 0 Å². The minimum Gasteiger partial charge on any atom is -0.234 e. The topological polar surface area (TPSA) is 18.5 Å². The van der Waals surface area contributed by atoms with Gasteiger partial charge in [0.25, 0.3) is 0 Å². The predicted octanol–water partition coefficient (Wildman–Crippen LogP) is 1.32. The number of hydrogen-bond donors (Lipinski definition) is 0. The number of rotatable bonds is 0. The van der Waals surface area contributed by atoms with E-state index in [4.69, 9.17) is 9.56 Å². The summed E-state index contributed by atoms with van der Waals surface area (Å²) in [5.74, 6) is 0. The van der Waals surface area contributed by atoms with Crippen molar-refractivity contribution in [3.8, 4) is 0 Å². The van der Waals surface area contributed by atoms with Crippen LogP contribution in [0.2, 0.25) is 0 Å². The minimum absolute atomic E-state index is 0.573. The summed E-state index contributed by atoms with van der Waals surface area (Å²) in [6.07, 6.45) is 3.60. The molecule has 1 fully saturated rings. The lowest BCUT2D eigenvalue weighted by atomic mass is 10.4. The Balaban J connectivity index is 2.04. The largest absolute Gasteiger partial charge is 0.234 e. The summed E-state index contributed by atoms with van der Waals surface area (Å²) in [6, 6.07) is 0. The molecule has 0 aromatic carbocycles. The second-order valence-electron chi connectivity index (χ2n) is 1.51. The molecule has 0 N–H and O–H groups in total. The maximum Gasteiger partial charge on any atom is 0.0825 e. The molecule has 0 spiro atoms. The zero-order chi connectivity index (χ0) is 4.95. The van der Waals surface area contributed by atoms with Gasteiger partial charge < -0.3 is 0 Å². The van der Waals surface area contributed by atoms with Crippen LogP contribution in [0.25, 0.3) is 0 Å². The smallest absolute Gasteiger partial charge is 0.0825 e. The normalized spacial score (nSPS) is 27.4. The van der Waals surface area contributed by atoms with Crippen LogP contribution in [-0.4, -0.2) is 12.8 Å². The third-order valence-corrected chi connectivity index (χ3v) is 1.67. The van der Waals surface area contributed by atoms with Gasteiger partial charge in [0.1, 0.15) is 0 Å². The molecule has 1 saturated heterocycles. The van der Waals surface area contributed by atoms with Crippen molar-refractivity contribution in [1.29, 1.82) is 0 Å². The second-order valence-corrected chi connectivity index (χ2v) is 2.46. The van der Waals surface area contributed by atoms with Crippen LogP contribution in [-0.2, 0) is 9.56 Å². The lowest BCUT2D eigenvalue weighted by molar-refractivity contribution is -0.193. The Bertz CT molecular complexity index is 29.3. The summed E-state index contributed by atoms with van der Waals surface area (Å²) in [5.41, 5.74) is 0. The quantitative estimate of drug-likeness (QED) is 0.354. The number of hydrogen-bond acceptors (Lipinski definition) is 2. The molecule has 1 heterocycles. The summed E-state index contributed by atoms with van der Waals surface area (Å²) < 4.78 is 4.72. The van der Waals surface area contributed by atoms with E-state index >= 15 is 0 Å². The van der Waals surface area contributed by atoms with Crippen molar-refractivity contribution in [3.05, 3.63) is 0 Å². The summed E-state index contributed by atoms with van der Waals surface area (Å²) in [4.78, 5) is 4.71. The fourth-order valence-electron chi connectivity index (χ4n) is 0.483. The highest BCUT2D eigenvalue weighted by Gasteiger charge is 1.96. The molecule has 1 unspecified atom stereocenters. The van der Waals surface area contributed by atoms with E-state index in [-0.39, 0.29) is 0 Å². The van der Waals surface area contributed by atoms with E-state index in [0.717, 1.165) is 13.0 Å². The average Bonchev–Trinajstić information content (AvgIpc) is 1.90. The zero-order valence-corrected chi connectivity index (χ0v) is 5.14. The maximum atomic E-state index is 4.72. The summed E-state index contributed by atoms with van der Waals surface area (Å²) in [5, 5.41) is 0. The molecule has 1 aliphatic heterocycles. The van der Waals surface area contributed by atoms with Gasteiger partial charge in [-0.1, -0.05) is 0 Å². The Kier molecular flexibility index (Phi) is 2.64. The highest BCUT2D eigenvalue weighted by molar-refractivity contribution is 7.32. The molecule has 42 valence electrons. The van der Waals surface area contributed by atoms with Gasteiger partial charge in [0.05, 0.1) is 15.4 Å². The van der Waals surface area contributed by atoms with Crippen molar-refractivity contribution in [2.24, 2.45) is 0 Å². The first-order valence-electron chi connectivity index (χ1n) is 2.51. The van der Waals surface area contributed by atoms with Crippen LogP contribution in [0, 0.1) is 0 Å². The van der Waals surface area contributed by atoms with E-state index in [1.165, 1.54) is 12.6 Å². The Labute approximate surface area is 45.0 Å². The Morgan fingerprint density at radius 3 is 3.29 bits per heavy atom. The Hall–Kier alpha value is 0.350. The summed E-state index contributed by atoms with van der Waals surface area (Å²) >= 11 is 0. The highest BCUT2D eigenvalue weighted by atomic mass is 31.1. The standard InChI is InChI=1S/C4H9O2P/c1-2-4-7-6-5-3-1/h7H,1-4H2. The molecule has 1 rings (SSSR count). The molecule has 0 amide bonds. The molecule has 1 aliphatic rings. The molecule has 3 heteroatoms. The van der Waals surface area contributed by atoms with Gasteiger partial charge in [-0.05, 0) is 19.0 Å². The fraction of sp³-hybridized carbons (Fsp3) is 1.00. The first-order valence-corrected chi connectivity index (χ1v) is 3.63. The molecular weight excluding hydrogens is 111 g/mol. The van der Waals surface area contributed by atoms with Crippen molar-refractivity contribution in [2.75, 3.05) is 12.8 Å². The van der Waals surface area contributed by atoms with E-state index in [9.17, 15) is 0 Å². The van der Waals surface area contributed by atoms with Gasteiger partial charge >= 0.3 is 0 Å². The van der Waals surface area contributed by atoms with Gasteiger partial charge in [-0.2, -0.15) is 0 Å². The van der Waals surface area contributed by atoms with E-state index in [1.54, 1.807) is 0 Å². The van der Waals surface area contributed by atoms with E-state index in [0.29, 0.717) is 8.81 Å². The van der Waals surface area contributed by atoms with Crippen LogP contribution < -0.4 is 0 Å². The minimum atomic E-state index is 0.573. The average molecular weight is 120 g/mol. The Morgan fingerprint density at radius 2 is 2.29 bits per heavy atom. The lowest BCUT2D eigenvalue weighted by Gasteiger charge is -1.91. The highest BCUT2D eigenvalue weighted by Crippen LogP contribution is 2.17. The first-order chi connectivity index (χ1) is 3.50. The van der Waals surface area contributed by atoms with Gasteiger partial charge in [0.15, 0.2) is 0 Å². The van der Waals surface area contributed by atoms with Crippen LogP contribution in [0.1, 0.15) is 12.8 Å². The van der Waals surface area contributed by atoms with Crippen LogP contribution >= 0.6 is 8.81 Å². The molecule has 0 saturated carbocycles. The summed E-state index contributed by atoms with van der Waals surface area (Å²) in [6.45, 7) is 0.785. The first kappa shape index (κ1) is 5.49. The third kappa shape index (κ3) is 2.22. The van der Waals surface area contributed by atoms with Gasteiger partial charge in [0, 0.05) is 0 Å². The zero-order valence-electron chi connectivity index (χ0n) is 4.14. The second kappa shape index (κ2) is 3.36. The molecule has 0 radical (unpaired) electrons. The van der Waals surface area contributed by atoms with Crippen molar-refractivity contribution >= 4 is 8.81 Å². The molecule has 0 aliphatic carbocycles. The summed E-state index contributed by atoms with van der Waals surface area (Å²) in [7, 11) is 0.573. The SMILES string of the molecule is C1CCPOOC1. The van der Waals surface area contributed by atoms with Crippen molar-refractivity contribution in [2.45, 2.75) is 12.8 Å². The van der Waals surface area contributed by atoms with Gasteiger partial charge in [-0.25, -0.2) is 9.56 Å². The molecule has 2 nitrogen and oxygen atoms in total. The predicted molar refractivity (Wildman–Crippen MR) is 29.5 cm³/mol.